The average Bonchev–Trinajstić information content (AvgIpc) is 1.71. The molecule has 2 aliphatic carbocycles. The number of carbonyl (C=O) groups excluding carboxylic acids is 3. The second kappa shape index (κ2) is 46.1. The van der Waals surface area contributed by atoms with E-state index in [0.29, 0.717) is 5.76 Å². The zero-order valence-electron chi connectivity index (χ0n) is 84.1. The fourth-order valence-corrected chi connectivity index (χ4v) is 20.2. The van der Waals surface area contributed by atoms with Crippen LogP contribution in [0.1, 0.15) is 145 Å². The van der Waals surface area contributed by atoms with Crippen LogP contribution >= 0.6 is 11.3 Å². The molecule has 13 nitrogen and oxygen atoms in total. The molecule has 741 valence electrons. The minimum Gasteiger partial charge on any atom is -0.512 e. The summed E-state index contributed by atoms with van der Waals surface area (Å²) in [5.74, 6) is 2.72. The van der Waals surface area contributed by atoms with Crippen molar-refractivity contribution in [3.63, 3.8) is 0 Å². The van der Waals surface area contributed by atoms with Crippen molar-refractivity contribution in [2.75, 3.05) is 14.2 Å². The Balaban J connectivity index is 0.000000137. The van der Waals surface area contributed by atoms with Crippen LogP contribution in [0.3, 0.4) is 0 Å². The molecule has 3 radical (unpaired) electrons. The Labute approximate surface area is 891 Å². The Bertz CT molecular complexity index is 8490. The van der Waals surface area contributed by atoms with Gasteiger partial charge >= 0.3 is 0 Å². The van der Waals surface area contributed by atoms with Crippen molar-refractivity contribution in [2.45, 2.75) is 147 Å². The van der Waals surface area contributed by atoms with Gasteiger partial charge in [0.15, 0.2) is 17.3 Å². The van der Waals surface area contributed by atoms with Crippen molar-refractivity contribution in [3.05, 3.63) is 344 Å². The van der Waals surface area contributed by atoms with Gasteiger partial charge < -0.3 is 48.6 Å². The Kier molecular flexibility index (Phi) is 33.7. The molecule has 23 rings (SSSR count). The number of rotatable bonds is 13. The molecule has 0 unspecified atom stereocenters. The second-order valence-electron chi connectivity index (χ2n) is 40.2. The molecule has 145 heavy (non-hydrogen) atoms. The van der Waals surface area contributed by atoms with Gasteiger partial charge in [-0.1, -0.05) is 281 Å². The van der Waals surface area contributed by atoms with Gasteiger partial charge in [-0.25, -0.2) is 0 Å². The van der Waals surface area contributed by atoms with E-state index in [1.807, 2.05) is 154 Å². The minimum atomic E-state index is -0.417. The molecule has 0 atom stereocenters. The third kappa shape index (κ3) is 23.4. The number of ketones is 3. The van der Waals surface area contributed by atoms with Crippen molar-refractivity contribution >= 4 is 179 Å². The summed E-state index contributed by atoms with van der Waals surface area (Å²) in [5, 5.41) is 55.9. The molecule has 17 heteroatoms. The number of benzene rings is 15. The maximum atomic E-state index is 12.0. The van der Waals surface area contributed by atoms with E-state index < -0.39 is 5.41 Å². The van der Waals surface area contributed by atoms with Gasteiger partial charge in [-0.3, -0.25) is 14.4 Å². The number of hydrogen-bond acceptors (Lipinski definition) is 14. The number of thiophene rings is 1. The van der Waals surface area contributed by atoms with Crippen LogP contribution in [-0.4, -0.2) is 61.8 Å². The molecule has 3 N–H and O–H groups in total. The predicted molar refractivity (Wildman–Crippen MR) is 590 cm³/mol. The van der Waals surface area contributed by atoms with Gasteiger partial charge in [0.25, 0.3) is 0 Å². The third-order valence-corrected chi connectivity index (χ3v) is 28.7. The van der Waals surface area contributed by atoms with Crippen molar-refractivity contribution in [3.8, 4) is 56.4 Å². The minimum absolute atomic E-state index is 0. The molecule has 6 aromatic heterocycles. The van der Waals surface area contributed by atoms with Crippen LogP contribution in [0.5, 0.6) is 11.5 Å². The van der Waals surface area contributed by atoms with Gasteiger partial charge in [0, 0.05) is 153 Å². The summed E-state index contributed by atoms with van der Waals surface area (Å²) in [5.41, 5.74) is 12.6. The van der Waals surface area contributed by atoms with Crippen LogP contribution in [0.2, 0.25) is 0 Å². The number of aromatic nitrogens is 3. The van der Waals surface area contributed by atoms with Gasteiger partial charge in [0.2, 0.25) is 0 Å². The van der Waals surface area contributed by atoms with Crippen LogP contribution in [0, 0.1) is 66.5 Å². The molecule has 0 spiro atoms. The summed E-state index contributed by atoms with van der Waals surface area (Å²) in [4.78, 5) is 48.4. The first-order valence-corrected chi connectivity index (χ1v) is 50.1. The Morgan fingerprint density at radius 1 is 0.400 bits per heavy atom. The molecular weight excluding hydrogens is 2350 g/mol. The van der Waals surface area contributed by atoms with E-state index >= 15 is 0 Å². The van der Waals surface area contributed by atoms with E-state index in [-0.39, 0.29) is 118 Å². The van der Waals surface area contributed by atoms with Gasteiger partial charge in [-0.15, -0.1) is 65.7 Å². The summed E-state index contributed by atoms with van der Waals surface area (Å²) in [6.07, 6.45) is 21.2. The number of aliphatic hydroxyl groups is 3. The first kappa shape index (κ1) is 106. The van der Waals surface area contributed by atoms with Crippen LogP contribution < -0.4 is 9.47 Å². The van der Waals surface area contributed by atoms with E-state index in [2.05, 4.69) is 253 Å². The molecule has 21 aromatic rings. The van der Waals surface area contributed by atoms with Gasteiger partial charge in [0.05, 0.1) is 36.9 Å². The predicted octanol–water partition coefficient (Wildman–Crippen LogP) is 34.9. The number of fused-ring (bicyclic) bond motifs is 23. The van der Waals surface area contributed by atoms with E-state index in [1.165, 1.54) is 163 Å². The van der Waals surface area contributed by atoms with E-state index in [4.69, 9.17) is 18.3 Å². The summed E-state index contributed by atoms with van der Waals surface area (Å²) in [7, 11) is 3.31. The second-order valence-corrected chi connectivity index (χ2v) is 41.3. The largest absolute Gasteiger partial charge is 0.512 e. The number of nitrogens with zero attached hydrogens (tertiary/aromatic N) is 3. The van der Waals surface area contributed by atoms with Crippen molar-refractivity contribution in [1.82, 2.24) is 15.0 Å². The number of carbonyl (C=O) groups is 3. The average molecular weight is 2470 g/mol. The van der Waals surface area contributed by atoms with Crippen molar-refractivity contribution in [1.29, 1.82) is 0 Å². The van der Waals surface area contributed by atoms with Crippen LogP contribution in [-0.2, 0) is 74.7 Å². The number of allylic oxidation sites excluding steroid dienone is 6. The maximum Gasteiger partial charge on any atom is 0.164 e. The van der Waals surface area contributed by atoms with E-state index in [9.17, 15) is 29.7 Å². The van der Waals surface area contributed by atoms with E-state index in [1.54, 1.807) is 20.3 Å². The normalized spacial score (nSPS) is 13.4. The van der Waals surface area contributed by atoms with Gasteiger partial charge in [-0.2, -0.15) is 11.3 Å². The molecule has 0 aliphatic heterocycles. The van der Waals surface area contributed by atoms with Crippen LogP contribution in [0.4, 0.5) is 0 Å². The molecule has 15 aromatic carbocycles. The third-order valence-electron chi connectivity index (χ3n) is 27.6. The van der Waals surface area contributed by atoms with Gasteiger partial charge in [-0.05, 0) is 242 Å². The summed E-state index contributed by atoms with van der Waals surface area (Å²) in [6.45, 7) is 22.7. The molecule has 2 aliphatic rings. The fraction of sp³-hybridized carbons (Fsp3) is 0.234. The number of pyridine rings is 3. The molecule has 0 amide bonds. The number of aliphatic hydroxyl groups excluding tert-OH is 3. The summed E-state index contributed by atoms with van der Waals surface area (Å²) < 4.78 is 26.2. The van der Waals surface area contributed by atoms with Crippen LogP contribution in [0.15, 0.2) is 324 Å². The standard InChI is InChI=1S/C33H22NO3.C31H20NS.C29H16NO.C15H24O2.C11H20O2.C9H16O2.3Ir/c1-35-26-14-25(15-27(19-26)36-2)22-10-11-34-31(17-22)29-9-5-8-28-30-16-23-12-20-6-3-4-7-21(20)13-24(23)18-32(30)37-33(28)29;1-18-13-29(32-17-19(18)2)20-11-12-30-27(14-20)28-15-25-23-9-5-3-7-21(23)22-8-4-6-10-24(22)26(25)16-31(28)33-30;1-3-9-21-19(7-1)20-8-2-4-10-22(20)24-17-29-26(16-23(21)24)25-15-18(12-13-28(25)31-29)27-11-5-6-14-30-27;16-14(12-7-3-1-4-8-12)11-15(17)13-9-5-2-6-10-13;1-10(2,3)8(12)7-9(13)11(4,5)6;1-6(2)8(10)5-9(11)7(3)4;;;/h3-8,10-19H,1-2H3;3-10,12-17H,1-2H3;1-11,13-17H;11-13,16H,1-10H2;7,12H,1-6H3;5-7,10H,1-4H3;;;/q3*-1;;;;;;. The molecule has 2 fully saturated rings. The smallest absolute Gasteiger partial charge is 0.164 e. The molecule has 0 bridgehead atoms. The Morgan fingerprint density at radius 3 is 1.45 bits per heavy atom. The topological polar surface area (TPSA) is 195 Å². The number of ether oxygens (including phenoxy) is 2. The summed E-state index contributed by atoms with van der Waals surface area (Å²) in [6, 6.07) is 102. The number of aryl methyl sites for hydroxylation is 2. The Morgan fingerprint density at radius 2 is 0.897 bits per heavy atom. The van der Waals surface area contributed by atoms with Crippen molar-refractivity contribution < 1.29 is 108 Å². The van der Waals surface area contributed by atoms with Gasteiger partial charge in [0.1, 0.15) is 28.4 Å². The van der Waals surface area contributed by atoms with Crippen molar-refractivity contribution in [2.24, 2.45) is 34.5 Å². The fourth-order valence-electron chi connectivity index (χ4n) is 19.1. The maximum absolute atomic E-state index is 12.0. The summed E-state index contributed by atoms with van der Waals surface area (Å²) >= 11 is 1.85. The molecular formula is C128H118Ir3N3O10S-3. The zero-order valence-corrected chi connectivity index (χ0v) is 92.1. The molecule has 0 saturated heterocycles. The zero-order chi connectivity index (χ0) is 99.4. The number of furan rings is 2. The van der Waals surface area contributed by atoms with Crippen LogP contribution in [0.25, 0.3) is 195 Å². The molecule has 2 saturated carbocycles. The first-order valence-electron chi connectivity index (χ1n) is 49.3. The quantitative estimate of drug-likeness (QED) is 0.0325. The number of hydrogen-bond donors (Lipinski definition) is 3. The molecule has 6 heterocycles. The first-order chi connectivity index (χ1) is 68.5. The van der Waals surface area contributed by atoms with E-state index in [0.717, 1.165) is 131 Å². The Hall–Kier alpha value is -13.2. The monoisotopic (exact) mass is 2470 g/mol. The number of methoxy groups -OCH3 is 2. The SMILES string of the molecule is CC(C)(C)C(=O)C=C(O)C(C)(C)C.CC(C)C(=O)C=C(O)C(C)C.COc1cc(OC)cc(-c2ccnc(-c3[c-]ccc4c3oc3cc5cc6ccccc6cc5cc34)c2)c1.Cc1cnc(-c2[c-]cc3sc4cc5c6ccccc6c6ccccc6c5cc4c3c2)cc1C.O=C(C=C(O)C1CCCCC1)C1CCCCC1.[Ir].[Ir].[Ir].[c-]1cc2oc3cc4c5ccccc5c5ccccc5c4cc3c2cc1-c1ccccn1.